The number of piperazine rings is 1. The second-order valence-corrected chi connectivity index (χ2v) is 10.6. The molecule has 200 valence electrons. The van der Waals surface area contributed by atoms with E-state index in [9.17, 15) is 14.4 Å². The Hall–Kier alpha value is -2.61. The highest BCUT2D eigenvalue weighted by atomic mass is 16.5. The van der Waals surface area contributed by atoms with Crippen LogP contribution in [0.3, 0.4) is 0 Å². The Morgan fingerprint density at radius 1 is 1.14 bits per heavy atom. The number of ether oxygens (including phenoxy) is 1. The van der Waals surface area contributed by atoms with Crippen molar-refractivity contribution in [3.8, 4) is 0 Å². The van der Waals surface area contributed by atoms with Crippen LogP contribution in [0.25, 0.3) is 0 Å². The molecule has 2 aliphatic rings. The third-order valence-corrected chi connectivity index (χ3v) is 7.36. The maximum absolute atomic E-state index is 13.4. The van der Waals surface area contributed by atoms with Gasteiger partial charge in [-0.15, -0.1) is 0 Å². The topological polar surface area (TPSA) is 91.0 Å². The van der Waals surface area contributed by atoms with E-state index in [4.69, 9.17) is 4.74 Å². The van der Waals surface area contributed by atoms with E-state index >= 15 is 0 Å². The van der Waals surface area contributed by atoms with E-state index in [1.807, 2.05) is 35.2 Å². The smallest absolute Gasteiger partial charge is 0.407 e. The van der Waals surface area contributed by atoms with Gasteiger partial charge in [0.15, 0.2) is 0 Å². The number of alkyl carbamates (subject to hydrolysis) is 1. The van der Waals surface area contributed by atoms with Gasteiger partial charge in [-0.3, -0.25) is 9.59 Å². The van der Waals surface area contributed by atoms with Gasteiger partial charge in [-0.1, -0.05) is 51.1 Å². The Labute approximate surface area is 216 Å². The summed E-state index contributed by atoms with van der Waals surface area (Å²) in [6.45, 7) is 10.6. The third kappa shape index (κ3) is 7.45. The van der Waals surface area contributed by atoms with Crippen molar-refractivity contribution in [2.45, 2.75) is 83.9 Å². The molecule has 2 fully saturated rings. The largest absolute Gasteiger partial charge is 0.445 e. The first-order valence-corrected chi connectivity index (χ1v) is 13.6. The highest BCUT2D eigenvalue weighted by Gasteiger charge is 2.52. The maximum Gasteiger partial charge on any atom is 0.407 e. The number of carbonyl (C=O) groups excluding carboxylic acids is 3. The molecule has 0 aromatic heterocycles. The number of hydrogen-bond donors (Lipinski definition) is 2. The number of likely N-dealkylation sites (tertiary alicyclic amines) is 1. The molecule has 0 unspecified atom stereocenters. The number of nitrogens with zero attached hydrogens (tertiary/aromatic N) is 2. The molecule has 2 aliphatic heterocycles. The average Bonchev–Trinajstić information content (AvgIpc) is 2.88. The van der Waals surface area contributed by atoms with Crippen LogP contribution in [0.4, 0.5) is 4.79 Å². The molecule has 1 spiro atoms. The van der Waals surface area contributed by atoms with Gasteiger partial charge in [0.1, 0.15) is 18.2 Å². The highest BCUT2D eigenvalue weighted by Crippen LogP contribution is 2.34. The maximum atomic E-state index is 13.4. The Morgan fingerprint density at radius 3 is 2.53 bits per heavy atom. The molecular formula is C28H44N4O4. The van der Waals surface area contributed by atoms with E-state index in [1.165, 1.54) is 0 Å². The molecule has 3 rings (SSSR count). The van der Waals surface area contributed by atoms with E-state index in [-0.39, 0.29) is 18.4 Å². The number of amides is 3. The lowest BCUT2D eigenvalue weighted by Gasteiger charge is -2.51. The van der Waals surface area contributed by atoms with Crippen molar-refractivity contribution in [1.29, 1.82) is 0 Å². The lowest BCUT2D eigenvalue weighted by Crippen LogP contribution is -2.72. The molecule has 0 aliphatic carbocycles. The summed E-state index contributed by atoms with van der Waals surface area (Å²) in [7, 11) is 0. The quantitative estimate of drug-likeness (QED) is 0.427. The second-order valence-electron chi connectivity index (χ2n) is 10.6. The van der Waals surface area contributed by atoms with Gasteiger partial charge in [0, 0.05) is 26.2 Å². The summed E-state index contributed by atoms with van der Waals surface area (Å²) >= 11 is 0. The highest BCUT2D eigenvalue weighted by molar-refractivity contribution is 6.00. The van der Waals surface area contributed by atoms with Crippen LogP contribution in [-0.4, -0.2) is 72.0 Å². The van der Waals surface area contributed by atoms with Gasteiger partial charge in [0.25, 0.3) is 0 Å². The first kappa shape index (κ1) is 28.0. The fraction of sp³-hybridized carbons (Fsp3) is 0.679. The Morgan fingerprint density at radius 2 is 1.86 bits per heavy atom. The van der Waals surface area contributed by atoms with Crippen molar-refractivity contribution in [2.24, 2.45) is 5.92 Å². The molecular weight excluding hydrogens is 456 g/mol. The molecule has 0 bridgehead atoms. The van der Waals surface area contributed by atoms with Crippen molar-refractivity contribution in [1.82, 2.24) is 20.4 Å². The standard InChI is InChI=1S/C28H44N4O4/c1-4-17-32-25(33)24(12-8-9-16-29-27(35)36-21-23-10-6-5-7-11-23)30-26(34)28(32)14-19-31(20-15-28)18-13-22(2)3/h5-7,10-11,22,24H,4,8-9,12-21H2,1-3H3,(H,29,35)(H,30,34)/t24-/m0/s1. The van der Waals surface area contributed by atoms with E-state index in [0.29, 0.717) is 44.7 Å². The summed E-state index contributed by atoms with van der Waals surface area (Å²) in [5.74, 6) is 0.710. The van der Waals surface area contributed by atoms with E-state index < -0.39 is 17.7 Å². The zero-order chi connectivity index (χ0) is 26.0. The SMILES string of the molecule is CCCN1C(=O)[C@H](CCCCNC(=O)OCc2ccccc2)NC(=O)C12CCN(CCC(C)C)CC2. The number of hydrogen-bond acceptors (Lipinski definition) is 5. The van der Waals surface area contributed by atoms with Gasteiger partial charge in [0.2, 0.25) is 11.8 Å². The number of benzene rings is 1. The fourth-order valence-corrected chi connectivity index (χ4v) is 5.14. The van der Waals surface area contributed by atoms with E-state index in [1.54, 1.807) is 0 Å². The molecule has 8 heteroatoms. The second kappa shape index (κ2) is 13.6. The van der Waals surface area contributed by atoms with Crippen LogP contribution in [0.2, 0.25) is 0 Å². The first-order valence-electron chi connectivity index (χ1n) is 13.6. The Balaban J connectivity index is 1.43. The monoisotopic (exact) mass is 500 g/mol. The van der Waals surface area contributed by atoms with Gasteiger partial charge < -0.3 is 25.2 Å². The molecule has 2 saturated heterocycles. The van der Waals surface area contributed by atoms with E-state index in [2.05, 4.69) is 36.3 Å². The molecule has 2 heterocycles. The van der Waals surface area contributed by atoms with Gasteiger partial charge in [-0.25, -0.2) is 4.79 Å². The number of nitrogens with one attached hydrogen (secondary N) is 2. The van der Waals surface area contributed by atoms with Crippen LogP contribution >= 0.6 is 0 Å². The fourth-order valence-electron chi connectivity index (χ4n) is 5.14. The van der Waals surface area contributed by atoms with Crippen molar-refractivity contribution >= 4 is 17.9 Å². The molecule has 8 nitrogen and oxygen atoms in total. The summed E-state index contributed by atoms with van der Waals surface area (Å²) in [6, 6.07) is 9.06. The third-order valence-electron chi connectivity index (χ3n) is 7.36. The normalized spacial score (nSPS) is 20.0. The van der Waals surface area contributed by atoms with E-state index in [0.717, 1.165) is 44.5 Å². The van der Waals surface area contributed by atoms with Crippen molar-refractivity contribution in [3.63, 3.8) is 0 Å². The van der Waals surface area contributed by atoms with Crippen molar-refractivity contribution in [2.75, 3.05) is 32.7 Å². The van der Waals surface area contributed by atoms with Crippen LogP contribution in [-0.2, 0) is 20.9 Å². The van der Waals surface area contributed by atoms with Crippen LogP contribution in [0.5, 0.6) is 0 Å². The number of unbranched alkanes of at least 4 members (excludes halogenated alkanes) is 1. The average molecular weight is 501 g/mol. The molecule has 36 heavy (non-hydrogen) atoms. The zero-order valence-corrected chi connectivity index (χ0v) is 22.3. The van der Waals surface area contributed by atoms with Crippen molar-refractivity contribution < 1.29 is 19.1 Å². The number of piperidine rings is 1. The lowest BCUT2D eigenvalue weighted by molar-refractivity contribution is -0.161. The summed E-state index contributed by atoms with van der Waals surface area (Å²) < 4.78 is 5.22. The summed E-state index contributed by atoms with van der Waals surface area (Å²) in [5.41, 5.74) is 0.233. The van der Waals surface area contributed by atoms with Crippen LogP contribution in [0.15, 0.2) is 30.3 Å². The minimum Gasteiger partial charge on any atom is -0.445 e. The molecule has 3 amide bonds. The number of rotatable bonds is 12. The number of carbonyl (C=O) groups is 3. The first-order chi connectivity index (χ1) is 17.4. The van der Waals surface area contributed by atoms with Gasteiger partial charge in [-0.2, -0.15) is 0 Å². The van der Waals surface area contributed by atoms with Crippen molar-refractivity contribution in [3.05, 3.63) is 35.9 Å². The van der Waals surface area contributed by atoms with Gasteiger partial charge in [0.05, 0.1) is 0 Å². The molecule has 2 N–H and O–H groups in total. The molecule has 1 atom stereocenters. The molecule has 0 saturated carbocycles. The van der Waals surface area contributed by atoms with Crippen LogP contribution in [0.1, 0.15) is 71.3 Å². The summed E-state index contributed by atoms with van der Waals surface area (Å²) in [5, 5.41) is 5.82. The lowest BCUT2D eigenvalue weighted by atomic mass is 9.81. The Kier molecular flexibility index (Phi) is 10.6. The van der Waals surface area contributed by atoms with Crippen LogP contribution in [0, 0.1) is 5.92 Å². The minimum atomic E-state index is -0.706. The van der Waals surface area contributed by atoms with Gasteiger partial charge >= 0.3 is 6.09 Å². The summed E-state index contributed by atoms with van der Waals surface area (Å²) in [6.07, 6.45) is 4.95. The zero-order valence-electron chi connectivity index (χ0n) is 22.3. The summed E-state index contributed by atoms with van der Waals surface area (Å²) in [4.78, 5) is 43.0. The molecule has 0 radical (unpaired) electrons. The molecule has 1 aromatic carbocycles. The Bertz CT molecular complexity index is 852. The predicted molar refractivity (Wildman–Crippen MR) is 140 cm³/mol. The predicted octanol–water partition coefficient (Wildman–Crippen LogP) is 3.70. The van der Waals surface area contributed by atoms with Crippen LogP contribution < -0.4 is 10.6 Å². The minimum absolute atomic E-state index is 0.00618. The molecule has 1 aromatic rings. The van der Waals surface area contributed by atoms with Gasteiger partial charge in [-0.05, 0) is 63.0 Å².